The van der Waals surface area contributed by atoms with E-state index in [0.29, 0.717) is 33.8 Å². The van der Waals surface area contributed by atoms with E-state index in [0.717, 1.165) is 22.0 Å². The maximum absolute atomic E-state index is 14.0. The van der Waals surface area contributed by atoms with Crippen molar-refractivity contribution in [2.24, 2.45) is 7.05 Å². The SMILES string of the molecule is COc1cc(-c2cc3[nH]c(=O)n(-c4cncc5c4n(C)c(=O)n5COCCS)c(=O)c3s2)c(Cl)cc1F. The summed E-state index contributed by atoms with van der Waals surface area (Å²) in [4.78, 5) is 47.0. The molecule has 0 aliphatic rings. The minimum absolute atomic E-state index is 0.00992. The van der Waals surface area contributed by atoms with Gasteiger partial charge in [-0.1, -0.05) is 11.6 Å². The van der Waals surface area contributed by atoms with Gasteiger partial charge in [0, 0.05) is 23.2 Å². The van der Waals surface area contributed by atoms with E-state index < -0.39 is 22.8 Å². The third kappa shape index (κ3) is 4.17. The van der Waals surface area contributed by atoms with Crippen LogP contribution in [0.25, 0.3) is 37.4 Å². The normalized spacial score (nSPS) is 11.6. The van der Waals surface area contributed by atoms with Gasteiger partial charge in [-0.2, -0.15) is 12.6 Å². The Morgan fingerprint density at radius 1 is 1.22 bits per heavy atom. The fourth-order valence-electron chi connectivity index (χ4n) is 4.10. The van der Waals surface area contributed by atoms with Crippen LogP contribution < -0.4 is 21.7 Å². The molecular formula is C23H19ClFN5O5S2. The predicted molar refractivity (Wildman–Crippen MR) is 143 cm³/mol. The first-order chi connectivity index (χ1) is 17.8. The van der Waals surface area contributed by atoms with Gasteiger partial charge in [-0.05, 0) is 18.2 Å². The van der Waals surface area contributed by atoms with E-state index in [1.165, 1.54) is 41.8 Å². The number of imidazole rings is 1. The molecule has 14 heteroatoms. The fraction of sp³-hybridized carbons (Fsp3) is 0.217. The van der Waals surface area contributed by atoms with Gasteiger partial charge in [0.25, 0.3) is 5.56 Å². The lowest BCUT2D eigenvalue weighted by Gasteiger charge is -2.07. The molecule has 0 radical (unpaired) electrons. The van der Waals surface area contributed by atoms with Gasteiger partial charge in [0.05, 0.1) is 53.4 Å². The Labute approximate surface area is 221 Å². The first-order valence-electron chi connectivity index (χ1n) is 10.8. The van der Waals surface area contributed by atoms with Gasteiger partial charge in [-0.15, -0.1) is 11.3 Å². The molecule has 5 rings (SSSR count). The molecule has 4 aromatic heterocycles. The highest BCUT2D eigenvalue weighted by Gasteiger charge is 2.21. The average molecular weight is 564 g/mol. The zero-order chi connectivity index (χ0) is 26.4. The van der Waals surface area contributed by atoms with Crippen molar-refractivity contribution in [1.82, 2.24) is 23.7 Å². The molecule has 0 unspecified atom stereocenters. The van der Waals surface area contributed by atoms with Crippen molar-refractivity contribution in [1.29, 1.82) is 0 Å². The Morgan fingerprint density at radius 2 is 2.00 bits per heavy atom. The summed E-state index contributed by atoms with van der Waals surface area (Å²) in [6.07, 6.45) is 2.81. The quantitative estimate of drug-likeness (QED) is 0.232. The van der Waals surface area contributed by atoms with Crippen LogP contribution in [0.2, 0.25) is 5.02 Å². The Balaban J connectivity index is 1.72. The number of halogens is 2. The van der Waals surface area contributed by atoms with Gasteiger partial charge in [0.15, 0.2) is 11.6 Å². The van der Waals surface area contributed by atoms with Gasteiger partial charge >= 0.3 is 11.4 Å². The van der Waals surface area contributed by atoms with E-state index in [1.807, 2.05) is 0 Å². The highest BCUT2D eigenvalue weighted by atomic mass is 35.5. The molecule has 1 aromatic carbocycles. The maximum Gasteiger partial charge on any atom is 0.333 e. The van der Waals surface area contributed by atoms with Crippen LogP contribution in [-0.4, -0.2) is 43.1 Å². The van der Waals surface area contributed by atoms with Crippen LogP contribution in [-0.2, 0) is 18.5 Å². The third-order valence-corrected chi connectivity index (χ3v) is 7.45. The molecule has 1 N–H and O–H groups in total. The topological polar surface area (TPSA) is 113 Å². The first kappa shape index (κ1) is 25.3. The van der Waals surface area contributed by atoms with Gasteiger partial charge in [-0.25, -0.2) is 18.5 Å². The predicted octanol–water partition coefficient (Wildman–Crippen LogP) is 3.16. The molecule has 10 nitrogen and oxygen atoms in total. The summed E-state index contributed by atoms with van der Waals surface area (Å²) < 4.78 is 28.4. The molecule has 0 atom stereocenters. The number of thiol groups is 1. The molecule has 0 aliphatic heterocycles. The number of rotatable bonds is 7. The lowest BCUT2D eigenvalue weighted by atomic mass is 10.1. The Kier molecular flexibility index (Phi) is 6.70. The maximum atomic E-state index is 14.0. The smallest absolute Gasteiger partial charge is 0.333 e. The van der Waals surface area contributed by atoms with Crippen molar-refractivity contribution in [3.05, 3.63) is 72.8 Å². The van der Waals surface area contributed by atoms with E-state index in [2.05, 4.69) is 22.6 Å². The summed E-state index contributed by atoms with van der Waals surface area (Å²) >= 11 is 11.4. The Hall–Kier alpha value is -3.39. The van der Waals surface area contributed by atoms with Crippen molar-refractivity contribution in [2.75, 3.05) is 19.5 Å². The molecule has 0 bridgehead atoms. The Bertz CT molecular complexity index is 1860. The van der Waals surface area contributed by atoms with E-state index >= 15 is 0 Å². The van der Waals surface area contributed by atoms with E-state index in [-0.39, 0.29) is 33.4 Å². The standard InChI is InChI=1S/C23H19ClFN5O5S2/c1-28-19-15(29(23(28)33)10-35-3-4-36)8-26-9-16(19)30-21(31)20-14(27-22(30)32)7-18(37-20)11-5-17(34-2)13(25)6-12(11)24/h5-9,36H,3-4,10H2,1-2H3,(H,27,32). The van der Waals surface area contributed by atoms with Crippen LogP contribution in [0.3, 0.4) is 0 Å². The third-order valence-electron chi connectivity index (χ3n) is 5.80. The lowest BCUT2D eigenvalue weighted by molar-refractivity contribution is 0.0901. The van der Waals surface area contributed by atoms with Crippen molar-refractivity contribution >= 4 is 56.8 Å². The van der Waals surface area contributed by atoms with Gasteiger partial charge < -0.3 is 14.5 Å². The molecule has 0 fully saturated rings. The second-order valence-electron chi connectivity index (χ2n) is 7.95. The van der Waals surface area contributed by atoms with E-state index in [9.17, 15) is 18.8 Å². The minimum Gasteiger partial charge on any atom is -0.494 e. The second-order valence-corrected chi connectivity index (χ2v) is 9.85. The van der Waals surface area contributed by atoms with E-state index in [1.54, 1.807) is 6.07 Å². The number of aromatic nitrogens is 5. The molecule has 0 spiro atoms. The number of fused-ring (bicyclic) bond motifs is 2. The molecule has 5 aromatic rings. The first-order valence-corrected chi connectivity index (χ1v) is 12.6. The number of hydrogen-bond donors (Lipinski definition) is 2. The molecule has 0 saturated carbocycles. The molecule has 0 aliphatic carbocycles. The van der Waals surface area contributed by atoms with Crippen molar-refractivity contribution < 1.29 is 13.9 Å². The highest BCUT2D eigenvalue weighted by molar-refractivity contribution is 7.80. The summed E-state index contributed by atoms with van der Waals surface area (Å²) in [6.45, 7) is 0.293. The number of pyridine rings is 1. The van der Waals surface area contributed by atoms with Crippen LogP contribution >= 0.6 is 35.6 Å². The minimum atomic E-state index is -0.717. The summed E-state index contributed by atoms with van der Waals surface area (Å²) in [5.41, 5.74) is -0.125. The van der Waals surface area contributed by atoms with Crippen LogP contribution in [0.5, 0.6) is 5.75 Å². The number of H-pyrrole nitrogens is 1. The number of thiophene rings is 1. The van der Waals surface area contributed by atoms with Crippen molar-refractivity contribution in [3.8, 4) is 21.9 Å². The summed E-state index contributed by atoms with van der Waals surface area (Å²) in [5, 5.41) is 0.123. The highest BCUT2D eigenvalue weighted by Crippen LogP contribution is 2.38. The molecule has 0 saturated heterocycles. The zero-order valence-corrected chi connectivity index (χ0v) is 21.9. The van der Waals surface area contributed by atoms with Crippen molar-refractivity contribution in [2.45, 2.75) is 6.73 Å². The number of hydrogen-bond acceptors (Lipinski definition) is 8. The molecule has 37 heavy (non-hydrogen) atoms. The number of ether oxygens (including phenoxy) is 2. The number of aromatic amines is 1. The zero-order valence-electron chi connectivity index (χ0n) is 19.4. The van der Waals surface area contributed by atoms with Crippen LogP contribution in [0.4, 0.5) is 4.39 Å². The van der Waals surface area contributed by atoms with Gasteiger partial charge in [-0.3, -0.25) is 18.9 Å². The van der Waals surface area contributed by atoms with Crippen LogP contribution in [0.15, 0.2) is 45.0 Å². The fourth-order valence-corrected chi connectivity index (χ4v) is 5.61. The monoisotopic (exact) mass is 563 g/mol. The summed E-state index contributed by atoms with van der Waals surface area (Å²) in [6, 6.07) is 4.14. The number of aryl methyl sites for hydroxylation is 1. The second kappa shape index (κ2) is 9.82. The van der Waals surface area contributed by atoms with Crippen LogP contribution in [0, 0.1) is 5.82 Å². The number of benzene rings is 1. The van der Waals surface area contributed by atoms with Crippen LogP contribution in [0.1, 0.15) is 0 Å². The Morgan fingerprint density at radius 3 is 2.73 bits per heavy atom. The number of nitrogens with zero attached hydrogens (tertiary/aromatic N) is 4. The number of nitrogens with one attached hydrogen (secondary N) is 1. The van der Waals surface area contributed by atoms with Gasteiger partial charge in [0.1, 0.15) is 11.4 Å². The number of methoxy groups -OCH3 is 1. The summed E-state index contributed by atoms with van der Waals surface area (Å²) in [5.74, 6) is -0.154. The van der Waals surface area contributed by atoms with E-state index in [4.69, 9.17) is 21.1 Å². The molecular weight excluding hydrogens is 545 g/mol. The molecule has 192 valence electrons. The summed E-state index contributed by atoms with van der Waals surface area (Å²) in [7, 11) is 2.87. The molecule has 0 amide bonds. The van der Waals surface area contributed by atoms with Crippen molar-refractivity contribution in [3.63, 3.8) is 0 Å². The average Bonchev–Trinajstić information content (AvgIpc) is 3.39. The lowest BCUT2D eigenvalue weighted by Crippen LogP contribution is -2.33. The van der Waals surface area contributed by atoms with Gasteiger partial charge in [0.2, 0.25) is 0 Å². The molecule has 4 heterocycles. The largest absolute Gasteiger partial charge is 0.494 e.